The number of rotatable bonds is 7. The summed E-state index contributed by atoms with van der Waals surface area (Å²) < 4.78 is 5.15. The van der Waals surface area contributed by atoms with Gasteiger partial charge in [0.1, 0.15) is 0 Å². The van der Waals surface area contributed by atoms with E-state index in [-0.39, 0.29) is 0 Å². The van der Waals surface area contributed by atoms with Crippen LogP contribution < -0.4 is 9.80 Å². The maximum Gasteiger partial charge on any atom is 0.0476 e. The van der Waals surface area contributed by atoms with Gasteiger partial charge >= 0.3 is 0 Å². The summed E-state index contributed by atoms with van der Waals surface area (Å²) in [6.07, 6.45) is 0. The van der Waals surface area contributed by atoms with Gasteiger partial charge in [-0.15, -0.1) is 22.7 Å². The van der Waals surface area contributed by atoms with Crippen molar-refractivity contribution in [1.82, 2.24) is 0 Å². The van der Waals surface area contributed by atoms with Gasteiger partial charge in [-0.3, -0.25) is 0 Å². The second-order valence-electron chi connectivity index (χ2n) is 14.2. The molecular weight excluding hydrogens is 717 g/mol. The summed E-state index contributed by atoms with van der Waals surface area (Å²) in [6.45, 7) is 0. The van der Waals surface area contributed by atoms with Gasteiger partial charge in [-0.05, 0) is 119 Å². The molecule has 0 aliphatic rings. The van der Waals surface area contributed by atoms with E-state index in [0.29, 0.717) is 0 Å². The van der Waals surface area contributed by atoms with Crippen LogP contribution in [-0.4, -0.2) is 0 Å². The largest absolute Gasteiger partial charge is 0.310 e. The van der Waals surface area contributed by atoms with Gasteiger partial charge in [-0.1, -0.05) is 109 Å². The lowest BCUT2D eigenvalue weighted by molar-refractivity contribution is 1.29. The van der Waals surface area contributed by atoms with Crippen molar-refractivity contribution in [2.75, 3.05) is 9.80 Å². The molecule has 0 bridgehead atoms. The molecule has 0 aliphatic heterocycles. The topological polar surface area (TPSA) is 6.48 Å². The smallest absolute Gasteiger partial charge is 0.0476 e. The molecule has 2 heterocycles. The van der Waals surface area contributed by atoms with Crippen molar-refractivity contribution in [3.8, 4) is 11.1 Å². The van der Waals surface area contributed by atoms with Crippen molar-refractivity contribution in [1.29, 1.82) is 0 Å². The fourth-order valence-electron chi connectivity index (χ4n) is 8.11. The van der Waals surface area contributed by atoms with E-state index in [4.69, 9.17) is 0 Å². The zero-order valence-corrected chi connectivity index (χ0v) is 32.0. The van der Waals surface area contributed by atoms with Gasteiger partial charge in [-0.2, -0.15) is 0 Å². The van der Waals surface area contributed by atoms with Crippen LogP contribution in [0.25, 0.3) is 62.2 Å². The maximum atomic E-state index is 2.42. The van der Waals surface area contributed by atoms with Crippen molar-refractivity contribution >= 4 is 108 Å². The van der Waals surface area contributed by atoms with Crippen LogP contribution in [0.5, 0.6) is 0 Å². The number of thiophene rings is 2. The van der Waals surface area contributed by atoms with Crippen LogP contribution in [-0.2, 0) is 0 Å². The lowest BCUT2D eigenvalue weighted by Gasteiger charge is -2.26. The van der Waals surface area contributed by atoms with Crippen molar-refractivity contribution in [3.05, 3.63) is 206 Å². The molecule has 2 aromatic heterocycles. The van der Waals surface area contributed by atoms with E-state index < -0.39 is 0 Å². The number of benzene rings is 9. The Morgan fingerprint density at radius 2 is 0.714 bits per heavy atom. The molecule has 0 amide bonds. The molecule has 0 atom stereocenters. The zero-order valence-electron chi connectivity index (χ0n) is 30.3. The van der Waals surface area contributed by atoms with Crippen LogP contribution in [0, 0.1) is 0 Å². The Labute approximate surface area is 333 Å². The summed E-state index contributed by atoms with van der Waals surface area (Å²) in [5, 5.41) is 7.63. The number of hydrogen-bond donors (Lipinski definition) is 0. The standard InChI is InChI=1S/C52H34N2S2/c1-3-13-39(14-4-1)53(40-15-5-2-6-16-40)42-26-29-50-47(32-42)48-33-43(27-30-51(48)55-50)54(44-25-28-46-45-17-9-10-18-49(45)56-52(46)34-44)41-23-21-36(22-24-41)38-20-19-35-11-7-8-12-37(35)31-38/h1-34H. The molecule has 264 valence electrons. The molecule has 0 N–H and O–H groups in total. The lowest BCUT2D eigenvalue weighted by Crippen LogP contribution is -2.10. The molecule has 4 heteroatoms. The number of nitrogens with zero attached hydrogens (tertiary/aromatic N) is 2. The normalized spacial score (nSPS) is 11.6. The highest BCUT2D eigenvalue weighted by molar-refractivity contribution is 7.26. The van der Waals surface area contributed by atoms with Crippen LogP contribution in [0.4, 0.5) is 34.1 Å². The molecule has 0 spiro atoms. The number of fused-ring (bicyclic) bond motifs is 7. The zero-order chi connectivity index (χ0) is 37.0. The molecule has 0 saturated heterocycles. The van der Waals surface area contributed by atoms with Gasteiger partial charge in [0.2, 0.25) is 0 Å². The van der Waals surface area contributed by atoms with Crippen molar-refractivity contribution in [2.45, 2.75) is 0 Å². The van der Waals surface area contributed by atoms with E-state index in [1.807, 2.05) is 22.7 Å². The van der Waals surface area contributed by atoms with E-state index in [1.165, 1.54) is 62.2 Å². The molecule has 9 aromatic carbocycles. The highest BCUT2D eigenvalue weighted by Gasteiger charge is 2.19. The summed E-state index contributed by atoms with van der Waals surface area (Å²) in [6, 6.07) is 75.2. The second kappa shape index (κ2) is 13.5. The average molecular weight is 751 g/mol. The Balaban J connectivity index is 1.06. The van der Waals surface area contributed by atoms with Gasteiger partial charge in [0.05, 0.1) is 0 Å². The van der Waals surface area contributed by atoms with Gasteiger partial charge in [0.15, 0.2) is 0 Å². The van der Waals surface area contributed by atoms with E-state index in [1.54, 1.807) is 0 Å². The quantitative estimate of drug-likeness (QED) is 0.160. The van der Waals surface area contributed by atoms with Gasteiger partial charge in [0, 0.05) is 74.5 Å². The molecule has 11 rings (SSSR count). The fraction of sp³-hybridized carbons (Fsp3) is 0. The summed E-state index contributed by atoms with van der Waals surface area (Å²) in [7, 11) is 0. The minimum absolute atomic E-state index is 1.12. The van der Waals surface area contributed by atoms with Crippen molar-refractivity contribution < 1.29 is 0 Å². The molecule has 0 unspecified atom stereocenters. The lowest BCUT2D eigenvalue weighted by atomic mass is 10.0. The highest BCUT2D eigenvalue weighted by Crippen LogP contribution is 2.45. The van der Waals surface area contributed by atoms with Crippen molar-refractivity contribution in [2.24, 2.45) is 0 Å². The molecule has 2 nitrogen and oxygen atoms in total. The van der Waals surface area contributed by atoms with Crippen LogP contribution >= 0.6 is 22.7 Å². The molecular formula is C52H34N2S2. The van der Waals surface area contributed by atoms with E-state index in [2.05, 4.69) is 216 Å². The third kappa shape index (κ3) is 5.70. The second-order valence-corrected chi connectivity index (χ2v) is 16.4. The van der Waals surface area contributed by atoms with Crippen LogP contribution in [0.15, 0.2) is 206 Å². The van der Waals surface area contributed by atoms with Crippen LogP contribution in [0.2, 0.25) is 0 Å². The van der Waals surface area contributed by atoms with E-state index in [0.717, 1.165) is 34.1 Å². The van der Waals surface area contributed by atoms with Crippen LogP contribution in [0.1, 0.15) is 0 Å². The molecule has 0 saturated carbocycles. The summed E-state index contributed by atoms with van der Waals surface area (Å²) in [4.78, 5) is 4.76. The number of hydrogen-bond acceptors (Lipinski definition) is 4. The van der Waals surface area contributed by atoms with E-state index in [9.17, 15) is 0 Å². The molecule has 0 aliphatic carbocycles. The summed E-state index contributed by atoms with van der Waals surface area (Å²) >= 11 is 3.72. The van der Waals surface area contributed by atoms with E-state index >= 15 is 0 Å². The van der Waals surface area contributed by atoms with Gasteiger partial charge in [-0.25, -0.2) is 0 Å². The SMILES string of the molecule is c1ccc(N(c2ccccc2)c2ccc3sc4ccc(N(c5ccc(-c6ccc7ccccc7c6)cc5)c5ccc6c(c5)sc5ccccc56)cc4c3c2)cc1. The molecule has 0 fully saturated rings. The number of para-hydroxylation sites is 2. The predicted octanol–water partition coefficient (Wildman–Crippen LogP) is 16.2. The first-order valence-electron chi connectivity index (χ1n) is 18.9. The van der Waals surface area contributed by atoms with Crippen LogP contribution in [0.3, 0.4) is 0 Å². The van der Waals surface area contributed by atoms with Crippen molar-refractivity contribution in [3.63, 3.8) is 0 Å². The summed E-state index contributed by atoms with van der Waals surface area (Å²) in [5.74, 6) is 0. The molecule has 11 aromatic rings. The Hall–Kier alpha value is -6.72. The first kappa shape index (κ1) is 32.7. The average Bonchev–Trinajstić information content (AvgIpc) is 3.82. The maximum absolute atomic E-state index is 2.42. The Kier molecular flexibility index (Phi) is 7.90. The third-order valence-corrected chi connectivity index (χ3v) is 13.1. The fourth-order valence-corrected chi connectivity index (χ4v) is 10.3. The Bertz CT molecular complexity index is 3160. The summed E-state index contributed by atoms with van der Waals surface area (Å²) in [5.41, 5.74) is 9.21. The first-order valence-corrected chi connectivity index (χ1v) is 20.5. The minimum Gasteiger partial charge on any atom is -0.310 e. The monoisotopic (exact) mass is 750 g/mol. The first-order chi connectivity index (χ1) is 27.7. The van der Waals surface area contributed by atoms with Gasteiger partial charge in [0.25, 0.3) is 0 Å². The third-order valence-electron chi connectivity index (χ3n) is 10.8. The Morgan fingerprint density at radius 1 is 0.250 bits per heavy atom. The molecule has 56 heavy (non-hydrogen) atoms. The molecule has 0 radical (unpaired) electrons. The number of anilines is 6. The minimum atomic E-state index is 1.12. The predicted molar refractivity (Wildman–Crippen MR) is 245 cm³/mol. The Morgan fingerprint density at radius 3 is 1.41 bits per heavy atom. The highest BCUT2D eigenvalue weighted by atomic mass is 32.1. The van der Waals surface area contributed by atoms with Gasteiger partial charge < -0.3 is 9.80 Å².